The SMILES string of the molecule is COC(=O)CCC/C=C\C[C@@H]1[C@@H](/C=C/[C@H](O)CCc2ccccc2)[C@H](O)C[C@@H]1O. The first-order valence-corrected chi connectivity index (χ1v) is 10.5. The van der Waals surface area contributed by atoms with Crippen molar-refractivity contribution in [2.45, 2.75) is 63.3 Å². The molecule has 1 saturated carbocycles. The summed E-state index contributed by atoms with van der Waals surface area (Å²) in [7, 11) is 1.39. The number of hydrogen-bond donors (Lipinski definition) is 3. The Morgan fingerprint density at radius 3 is 2.69 bits per heavy atom. The molecule has 0 amide bonds. The molecule has 0 unspecified atom stereocenters. The van der Waals surface area contributed by atoms with Gasteiger partial charge in [-0.25, -0.2) is 0 Å². The van der Waals surface area contributed by atoms with Crippen LogP contribution in [0.25, 0.3) is 0 Å². The number of esters is 1. The van der Waals surface area contributed by atoms with Gasteiger partial charge in [0.1, 0.15) is 0 Å². The van der Waals surface area contributed by atoms with Gasteiger partial charge in [0.2, 0.25) is 0 Å². The van der Waals surface area contributed by atoms with Gasteiger partial charge in [-0.3, -0.25) is 4.79 Å². The highest BCUT2D eigenvalue weighted by molar-refractivity contribution is 5.69. The molecule has 1 aliphatic rings. The lowest BCUT2D eigenvalue weighted by atomic mass is 9.89. The lowest BCUT2D eigenvalue weighted by Crippen LogP contribution is -2.20. The van der Waals surface area contributed by atoms with Crippen LogP contribution in [0.4, 0.5) is 0 Å². The molecule has 2 rings (SSSR count). The van der Waals surface area contributed by atoms with Gasteiger partial charge in [0.25, 0.3) is 0 Å². The summed E-state index contributed by atoms with van der Waals surface area (Å²) in [4.78, 5) is 11.1. The zero-order valence-corrected chi connectivity index (χ0v) is 17.2. The maximum atomic E-state index is 11.1. The minimum absolute atomic E-state index is 0.0700. The lowest BCUT2D eigenvalue weighted by molar-refractivity contribution is -0.140. The highest BCUT2D eigenvalue weighted by Crippen LogP contribution is 2.36. The Hall–Kier alpha value is -1.95. The Kier molecular flexibility index (Phi) is 10.1. The van der Waals surface area contributed by atoms with Crippen molar-refractivity contribution in [2.24, 2.45) is 11.8 Å². The molecule has 0 aromatic heterocycles. The highest BCUT2D eigenvalue weighted by atomic mass is 16.5. The molecule has 1 fully saturated rings. The summed E-state index contributed by atoms with van der Waals surface area (Å²) in [5.41, 5.74) is 1.19. The number of carbonyl (C=O) groups is 1. The number of rotatable bonds is 11. The maximum Gasteiger partial charge on any atom is 0.305 e. The van der Waals surface area contributed by atoms with Crippen LogP contribution in [0.3, 0.4) is 0 Å². The van der Waals surface area contributed by atoms with Crippen molar-refractivity contribution in [2.75, 3.05) is 7.11 Å². The van der Waals surface area contributed by atoms with Gasteiger partial charge >= 0.3 is 5.97 Å². The number of carbonyl (C=O) groups excluding carboxylic acids is 1. The van der Waals surface area contributed by atoms with Gasteiger partial charge in [-0.1, -0.05) is 54.6 Å². The van der Waals surface area contributed by atoms with E-state index in [1.807, 2.05) is 48.6 Å². The smallest absolute Gasteiger partial charge is 0.305 e. The molecular formula is C24H34O5. The summed E-state index contributed by atoms with van der Waals surface area (Å²) >= 11 is 0. The predicted molar refractivity (Wildman–Crippen MR) is 113 cm³/mol. The van der Waals surface area contributed by atoms with E-state index >= 15 is 0 Å². The quantitative estimate of drug-likeness (QED) is 0.301. The number of hydrogen-bond acceptors (Lipinski definition) is 5. The number of unbranched alkanes of at least 4 members (excludes halogenated alkanes) is 1. The Balaban J connectivity index is 1.80. The monoisotopic (exact) mass is 402 g/mol. The fourth-order valence-electron chi connectivity index (χ4n) is 3.86. The Morgan fingerprint density at radius 2 is 1.97 bits per heavy atom. The van der Waals surface area contributed by atoms with Gasteiger partial charge in [-0.15, -0.1) is 0 Å². The number of aliphatic hydroxyl groups excluding tert-OH is 3. The first kappa shape index (κ1) is 23.3. The molecule has 0 heterocycles. The standard InChI is InChI=1S/C24H34O5/c1-29-24(28)12-8-3-2-7-11-20-21(23(27)17-22(20)26)16-15-19(25)14-13-18-9-5-4-6-10-18/h2,4-7,9-10,15-16,19-23,25-27H,3,8,11-14,17H2,1H3/b7-2-,16-15+/t19-,20-,21-,22+,23-/m1/s1. The number of aliphatic hydroxyl groups is 3. The van der Waals surface area contributed by atoms with Crippen molar-refractivity contribution in [3.05, 3.63) is 60.2 Å². The van der Waals surface area contributed by atoms with E-state index in [1.54, 1.807) is 6.08 Å². The summed E-state index contributed by atoms with van der Waals surface area (Å²) in [6, 6.07) is 10.0. The molecule has 5 atom stereocenters. The van der Waals surface area contributed by atoms with E-state index in [4.69, 9.17) is 0 Å². The number of allylic oxidation sites excluding steroid dienone is 2. The number of aryl methyl sites for hydroxylation is 1. The van der Waals surface area contributed by atoms with E-state index in [0.29, 0.717) is 25.7 Å². The molecule has 5 nitrogen and oxygen atoms in total. The van der Waals surface area contributed by atoms with E-state index in [-0.39, 0.29) is 17.8 Å². The second-order valence-electron chi connectivity index (χ2n) is 7.76. The van der Waals surface area contributed by atoms with Crippen LogP contribution in [0.2, 0.25) is 0 Å². The molecule has 0 aliphatic heterocycles. The predicted octanol–water partition coefficient (Wildman–Crippen LogP) is 3.18. The summed E-state index contributed by atoms with van der Waals surface area (Å²) in [6.07, 6.45) is 10.3. The van der Waals surface area contributed by atoms with Crippen LogP contribution in [0.15, 0.2) is 54.6 Å². The Bertz CT molecular complexity index is 654. The van der Waals surface area contributed by atoms with Crippen molar-refractivity contribution in [1.29, 1.82) is 0 Å². The van der Waals surface area contributed by atoms with Crippen molar-refractivity contribution < 1.29 is 24.9 Å². The van der Waals surface area contributed by atoms with Crippen LogP contribution < -0.4 is 0 Å². The normalized spacial score (nSPS) is 25.7. The fourth-order valence-corrected chi connectivity index (χ4v) is 3.86. The molecular weight excluding hydrogens is 368 g/mol. The fraction of sp³-hybridized carbons (Fsp3) is 0.542. The van der Waals surface area contributed by atoms with Crippen molar-refractivity contribution >= 4 is 5.97 Å². The van der Waals surface area contributed by atoms with E-state index < -0.39 is 18.3 Å². The molecule has 3 N–H and O–H groups in total. The Morgan fingerprint density at radius 1 is 1.21 bits per heavy atom. The average molecular weight is 403 g/mol. The van der Waals surface area contributed by atoms with Gasteiger partial charge in [-0.2, -0.15) is 0 Å². The summed E-state index contributed by atoms with van der Waals surface area (Å²) in [5, 5.41) is 30.9. The van der Waals surface area contributed by atoms with Crippen molar-refractivity contribution in [3.8, 4) is 0 Å². The van der Waals surface area contributed by atoms with Gasteiger partial charge in [0.15, 0.2) is 0 Å². The van der Waals surface area contributed by atoms with Gasteiger partial charge in [0.05, 0.1) is 25.4 Å². The summed E-state index contributed by atoms with van der Waals surface area (Å²) in [5.74, 6) is -0.445. The first-order valence-electron chi connectivity index (χ1n) is 10.5. The summed E-state index contributed by atoms with van der Waals surface area (Å²) in [6.45, 7) is 0. The number of ether oxygens (including phenoxy) is 1. The van der Waals surface area contributed by atoms with Crippen LogP contribution in [-0.4, -0.2) is 46.7 Å². The van der Waals surface area contributed by atoms with Crippen LogP contribution in [0.5, 0.6) is 0 Å². The number of benzene rings is 1. The molecule has 0 radical (unpaired) electrons. The van der Waals surface area contributed by atoms with E-state index in [1.165, 1.54) is 12.7 Å². The molecule has 160 valence electrons. The minimum atomic E-state index is -0.597. The first-order chi connectivity index (χ1) is 14.0. The van der Waals surface area contributed by atoms with Crippen molar-refractivity contribution in [3.63, 3.8) is 0 Å². The van der Waals surface area contributed by atoms with Crippen LogP contribution in [0.1, 0.15) is 44.1 Å². The van der Waals surface area contributed by atoms with Gasteiger partial charge < -0.3 is 20.1 Å². The second-order valence-corrected chi connectivity index (χ2v) is 7.76. The molecule has 0 bridgehead atoms. The second kappa shape index (κ2) is 12.6. The molecule has 1 aromatic carbocycles. The minimum Gasteiger partial charge on any atom is -0.469 e. The van der Waals surface area contributed by atoms with Crippen molar-refractivity contribution in [1.82, 2.24) is 0 Å². The van der Waals surface area contributed by atoms with Crippen LogP contribution >= 0.6 is 0 Å². The summed E-state index contributed by atoms with van der Waals surface area (Å²) < 4.78 is 4.61. The highest BCUT2D eigenvalue weighted by Gasteiger charge is 2.39. The third-order valence-electron chi connectivity index (χ3n) is 5.60. The van der Waals surface area contributed by atoms with Crippen LogP contribution in [-0.2, 0) is 16.0 Å². The molecule has 0 saturated heterocycles. The largest absolute Gasteiger partial charge is 0.469 e. The van der Waals surface area contributed by atoms with Crippen LogP contribution in [0, 0.1) is 11.8 Å². The van der Waals surface area contributed by atoms with E-state index in [9.17, 15) is 20.1 Å². The molecule has 1 aromatic rings. The Labute approximate surface area is 173 Å². The maximum absolute atomic E-state index is 11.1. The average Bonchev–Trinajstić information content (AvgIpc) is 3.00. The van der Waals surface area contributed by atoms with E-state index in [0.717, 1.165) is 19.3 Å². The zero-order valence-electron chi connectivity index (χ0n) is 17.2. The topological polar surface area (TPSA) is 87.0 Å². The third kappa shape index (κ3) is 8.13. The third-order valence-corrected chi connectivity index (χ3v) is 5.60. The van der Waals surface area contributed by atoms with Gasteiger partial charge in [0, 0.05) is 18.8 Å². The van der Waals surface area contributed by atoms with E-state index in [2.05, 4.69) is 4.74 Å². The molecule has 29 heavy (non-hydrogen) atoms. The number of methoxy groups -OCH3 is 1. The molecule has 1 aliphatic carbocycles. The van der Waals surface area contributed by atoms with Gasteiger partial charge in [-0.05, 0) is 43.6 Å². The zero-order chi connectivity index (χ0) is 21.1. The molecule has 5 heteroatoms. The lowest BCUT2D eigenvalue weighted by Gasteiger charge is -2.19. The molecule has 0 spiro atoms.